The summed E-state index contributed by atoms with van der Waals surface area (Å²) in [4.78, 5) is 0. The van der Waals surface area contributed by atoms with Crippen molar-refractivity contribution >= 4 is 11.8 Å². The van der Waals surface area contributed by atoms with Crippen LogP contribution in [0.1, 0.15) is 22.5 Å². The summed E-state index contributed by atoms with van der Waals surface area (Å²) in [6.45, 7) is 4.82. The van der Waals surface area contributed by atoms with Crippen LogP contribution in [0.15, 0.2) is 69.0 Å². The van der Waals surface area contributed by atoms with E-state index in [2.05, 4.69) is 42.2 Å². The fourth-order valence-electron chi connectivity index (χ4n) is 2.73. The monoisotopic (exact) mass is 365 g/mol. The minimum absolute atomic E-state index is 0.561. The highest BCUT2D eigenvalue weighted by molar-refractivity contribution is 7.98. The summed E-state index contributed by atoms with van der Waals surface area (Å²) < 4.78 is 13.1. The summed E-state index contributed by atoms with van der Waals surface area (Å²) in [5, 5.41) is 9.56. The molecule has 0 bridgehead atoms. The van der Waals surface area contributed by atoms with E-state index in [1.165, 1.54) is 16.7 Å². The van der Waals surface area contributed by atoms with Crippen LogP contribution in [0.25, 0.3) is 11.6 Å². The summed E-state index contributed by atoms with van der Waals surface area (Å²) >= 11 is 1.66. The first-order valence-corrected chi connectivity index (χ1v) is 9.37. The fraction of sp³-hybridized carbons (Fsp3) is 0.200. The predicted octanol–water partition coefficient (Wildman–Crippen LogP) is 5.09. The lowest BCUT2D eigenvalue weighted by Gasteiger charge is -2.08. The molecule has 0 radical (unpaired) electrons. The number of aryl methyl sites for hydroxylation is 2. The highest BCUT2D eigenvalue weighted by Crippen LogP contribution is 2.28. The van der Waals surface area contributed by atoms with Crippen molar-refractivity contribution in [2.24, 2.45) is 0 Å². The van der Waals surface area contributed by atoms with Crippen LogP contribution in [-0.2, 0) is 12.3 Å². The molecule has 3 heterocycles. The number of hydrogen-bond acceptors (Lipinski definition) is 5. The molecule has 0 aliphatic heterocycles. The number of rotatable bonds is 6. The average Bonchev–Trinajstić information content (AvgIpc) is 3.38. The first-order chi connectivity index (χ1) is 12.7. The lowest BCUT2D eigenvalue weighted by Crippen LogP contribution is -2.03. The Bertz CT molecular complexity index is 988. The van der Waals surface area contributed by atoms with Crippen molar-refractivity contribution in [3.8, 4) is 11.6 Å². The zero-order chi connectivity index (χ0) is 17.9. The van der Waals surface area contributed by atoms with Crippen LogP contribution in [-0.4, -0.2) is 14.8 Å². The Morgan fingerprint density at radius 2 is 1.81 bits per heavy atom. The molecule has 132 valence electrons. The van der Waals surface area contributed by atoms with E-state index in [0.29, 0.717) is 18.1 Å². The van der Waals surface area contributed by atoms with Gasteiger partial charge in [-0.1, -0.05) is 30.0 Å². The summed E-state index contributed by atoms with van der Waals surface area (Å²) in [5.74, 6) is 3.08. The molecule has 0 aliphatic carbocycles. The highest BCUT2D eigenvalue weighted by Gasteiger charge is 2.17. The Morgan fingerprint density at radius 1 is 0.962 bits per heavy atom. The lowest BCUT2D eigenvalue weighted by molar-refractivity contribution is 0.482. The Hall–Kier alpha value is -2.73. The molecule has 0 amide bonds. The number of furan rings is 2. The molecule has 0 atom stereocenters. The smallest absolute Gasteiger partial charge is 0.200 e. The van der Waals surface area contributed by atoms with E-state index in [9.17, 15) is 0 Å². The van der Waals surface area contributed by atoms with Gasteiger partial charge in [-0.3, -0.25) is 4.57 Å². The molecular formula is C20H19N3O2S. The zero-order valence-electron chi connectivity index (χ0n) is 14.7. The van der Waals surface area contributed by atoms with E-state index in [0.717, 1.165) is 16.7 Å². The van der Waals surface area contributed by atoms with Crippen LogP contribution >= 0.6 is 11.8 Å². The van der Waals surface area contributed by atoms with Gasteiger partial charge in [0.15, 0.2) is 10.9 Å². The third kappa shape index (κ3) is 3.46. The topological polar surface area (TPSA) is 57.0 Å². The maximum absolute atomic E-state index is 5.52. The molecule has 4 rings (SSSR count). The zero-order valence-corrected chi connectivity index (χ0v) is 15.5. The molecule has 1 aromatic carbocycles. The number of aromatic nitrogens is 3. The molecule has 0 saturated carbocycles. The largest absolute Gasteiger partial charge is 0.467 e. The van der Waals surface area contributed by atoms with Crippen LogP contribution in [0, 0.1) is 13.8 Å². The van der Waals surface area contributed by atoms with Gasteiger partial charge in [0.2, 0.25) is 5.82 Å². The molecule has 0 unspecified atom stereocenters. The minimum Gasteiger partial charge on any atom is -0.467 e. The Kier molecular flexibility index (Phi) is 4.67. The molecule has 0 fully saturated rings. The van der Waals surface area contributed by atoms with E-state index in [4.69, 9.17) is 8.83 Å². The van der Waals surface area contributed by atoms with Gasteiger partial charge in [-0.05, 0) is 54.8 Å². The van der Waals surface area contributed by atoms with Crippen LogP contribution in [0.3, 0.4) is 0 Å². The van der Waals surface area contributed by atoms with E-state index in [1.54, 1.807) is 24.3 Å². The predicted molar refractivity (Wildman–Crippen MR) is 101 cm³/mol. The molecule has 0 aliphatic rings. The quantitative estimate of drug-likeness (QED) is 0.446. The molecule has 0 saturated heterocycles. The Morgan fingerprint density at radius 3 is 2.54 bits per heavy atom. The van der Waals surface area contributed by atoms with E-state index in [1.807, 2.05) is 28.8 Å². The first kappa shape index (κ1) is 16.7. The molecule has 5 nitrogen and oxygen atoms in total. The third-order valence-electron chi connectivity index (χ3n) is 4.29. The van der Waals surface area contributed by atoms with Gasteiger partial charge in [0, 0.05) is 5.75 Å². The number of hydrogen-bond donors (Lipinski definition) is 0. The van der Waals surface area contributed by atoms with Gasteiger partial charge in [-0.25, -0.2) is 0 Å². The maximum Gasteiger partial charge on any atom is 0.200 e. The second-order valence-corrected chi connectivity index (χ2v) is 7.10. The SMILES string of the molecule is Cc1ccc(CSc2nnc(-c3ccco3)n2Cc2ccco2)cc1C. The lowest BCUT2D eigenvalue weighted by atomic mass is 10.1. The van der Waals surface area contributed by atoms with Gasteiger partial charge in [0.1, 0.15) is 5.76 Å². The molecule has 26 heavy (non-hydrogen) atoms. The van der Waals surface area contributed by atoms with Gasteiger partial charge in [0.25, 0.3) is 0 Å². The third-order valence-corrected chi connectivity index (χ3v) is 5.33. The van der Waals surface area contributed by atoms with E-state index >= 15 is 0 Å². The van der Waals surface area contributed by atoms with Crippen molar-refractivity contribution in [3.05, 3.63) is 77.4 Å². The second kappa shape index (κ2) is 7.25. The van der Waals surface area contributed by atoms with Gasteiger partial charge in [-0.15, -0.1) is 10.2 Å². The van der Waals surface area contributed by atoms with Crippen molar-refractivity contribution in [3.63, 3.8) is 0 Å². The van der Waals surface area contributed by atoms with E-state index in [-0.39, 0.29) is 0 Å². The fourth-order valence-corrected chi connectivity index (χ4v) is 3.61. The maximum atomic E-state index is 5.52. The number of benzene rings is 1. The standard InChI is InChI=1S/C20H19N3O2S/c1-14-7-8-16(11-15(14)2)13-26-20-22-21-19(18-6-4-10-25-18)23(20)12-17-5-3-9-24-17/h3-11H,12-13H2,1-2H3. The molecule has 0 N–H and O–H groups in total. The highest BCUT2D eigenvalue weighted by atomic mass is 32.2. The van der Waals surface area contributed by atoms with Crippen molar-refractivity contribution < 1.29 is 8.83 Å². The second-order valence-electron chi connectivity index (χ2n) is 6.16. The number of nitrogens with zero attached hydrogens (tertiary/aromatic N) is 3. The van der Waals surface area contributed by atoms with Crippen LogP contribution in [0.5, 0.6) is 0 Å². The Labute approximate surface area is 156 Å². The van der Waals surface area contributed by atoms with Gasteiger partial charge in [0.05, 0.1) is 19.1 Å². The summed E-state index contributed by atoms with van der Waals surface area (Å²) in [7, 11) is 0. The summed E-state index contributed by atoms with van der Waals surface area (Å²) in [5.41, 5.74) is 3.88. The van der Waals surface area contributed by atoms with Crippen molar-refractivity contribution in [2.75, 3.05) is 0 Å². The van der Waals surface area contributed by atoms with Gasteiger partial charge >= 0.3 is 0 Å². The van der Waals surface area contributed by atoms with Crippen molar-refractivity contribution in [2.45, 2.75) is 31.3 Å². The average molecular weight is 365 g/mol. The molecular weight excluding hydrogens is 346 g/mol. The minimum atomic E-state index is 0.561. The summed E-state index contributed by atoms with van der Waals surface area (Å²) in [6, 6.07) is 14.1. The van der Waals surface area contributed by atoms with Crippen LogP contribution in [0.4, 0.5) is 0 Å². The molecule has 6 heteroatoms. The normalized spacial score (nSPS) is 11.2. The summed E-state index contributed by atoms with van der Waals surface area (Å²) in [6.07, 6.45) is 3.32. The van der Waals surface area contributed by atoms with Crippen molar-refractivity contribution in [1.29, 1.82) is 0 Å². The van der Waals surface area contributed by atoms with Crippen LogP contribution < -0.4 is 0 Å². The molecule has 4 aromatic rings. The van der Waals surface area contributed by atoms with Gasteiger partial charge in [-0.2, -0.15) is 0 Å². The molecule has 0 spiro atoms. The van der Waals surface area contributed by atoms with Gasteiger partial charge < -0.3 is 8.83 Å². The number of thioether (sulfide) groups is 1. The van der Waals surface area contributed by atoms with Crippen LogP contribution in [0.2, 0.25) is 0 Å². The van der Waals surface area contributed by atoms with E-state index < -0.39 is 0 Å². The van der Waals surface area contributed by atoms with Crippen molar-refractivity contribution in [1.82, 2.24) is 14.8 Å². The first-order valence-electron chi connectivity index (χ1n) is 8.39. The Balaban J connectivity index is 1.61. The molecule has 3 aromatic heterocycles.